The first kappa shape index (κ1) is 9.45. The largest absolute Gasteiger partial charge is 0.323 e. The van der Waals surface area contributed by atoms with E-state index in [-0.39, 0.29) is 0 Å². The molecule has 1 aliphatic heterocycles. The van der Waals surface area contributed by atoms with Gasteiger partial charge in [0.25, 0.3) is 0 Å². The Morgan fingerprint density at radius 2 is 2.23 bits per heavy atom. The van der Waals surface area contributed by atoms with Crippen LogP contribution >= 0.6 is 11.9 Å². The van der Waals surface area contributed by atoms with Crippen molar-refractivity contribution in [3.63, 3.8) is 0 Å². The molecule has 2 atom stereocenters. The second kappa shape index (κ2) is 4.41. The van der Waals surface area contributed by atoms with Crippen molar-refractivity contribution in [2.24, 2.45) is 11.8 Å². The summed E-state index contributed by atoms with van der Waals surface area (Å²) >= 11 is 1.96. The highest BCUT2D eigenvalue weighted by atomic mass is 32.2. The Hall–Kier alpha value is -0.110. The molecule has 0 saturated heterocycles. The van der Waals surface area contributed by atoms with E-state index in [1.54, 1.807) is 0 Å². The van der Waals surface area contributed by atoms with Gasteiger partial charge in [-0.25, -0.2) is 0 Å². The monoisotopic (exact) mass is 197 g/mol. The Labute approximate surface area is 85.7 Å². The van der Waals surface area contributed by atoms with Crippen LogP contribution in [0, 0.1) is 11.8 Å². The molecule has 0 amide bonds. The molecule has 0 aromatic carbocycles. The predicted octanol–water partition coefficient (Wildman–Crippen LogP) is 3.29. The van der Waals surface area contributed by atoms with Crippen LogP contribution in [0.2, 0.25) is 0 Å². The fraction of sp³-hybridized carbons (Fsp3) is 0.818. The highest BCUT2D eigenvalue weighted by Crippen LogP contribution is 2.34. The molecule has 2 heteroatoms. The molecule has 1 fully saturated rings. The summed E-state index contributed by atoms with van der Waals surface area (Å²) in [4.78, 5) is 0. The van der Waals surface area contributed by atoms with Crippen molar-refractivity contribution >= 4 is 11.9 Å². The SMILES string of the molecule is CCC1CCC(CN2C=CCS2)C1. The second-order valence-electron chi connectivity index (χ2n) is 4.23. The van der Waals surface area contributed by atoms with Crippen LogP contribution in [0.1, 0.15) is 32.6 Å². The number of hydrogen-bond acceptors (Lipinski definition) is 2. The average molecular weight is 197 g/mol. The van der Waals surface area contributed by atoms with Crippen molar-refractivity contribution in [1.29, 1.82) is 0 Å². The molecule has 0 aromatic rings. The first-order chi connectivity index (χ1) is 6.38. The van der Waals surface area contributed by atoms with Gasteiger partial charge in [0.15, 0.2) is 0 Å². The van der Waals surface area contributed by atoms with Gasteiger partial charge in [-0.15, -0.1) is 0 Å². The van der Waals surface area contributed by atoms with Gasteiger partial charge in [0.1, 0.15) is 0 Å². The maximum atomic E-state index is 2.42. The van der Waals surface area contributed by atoms with E-state index >= 15 is 0 Å². The van der Waals surface area contributed by atoms with Crippen LogP contribution in [0.5, 0.6) is 0 Å². The molecule has 2 rings (SSSR count). The van der Waals surface area contributed by atoms with Gasteiger partial charge in [0, 0.05) is 18.5 Å². The van der Waals surface area contributed by atoms with Gasteiger partial charge in [0.2, 0.25) is 0 Å². The highest BCUT2D eigenvalue weighted by molar-refractivity contribution is 7.97. The van der Waals surface area contributed by atoms with Crippen molar-refractivity contribution < 1.29 is 0 Å². The molecule has 2 unspecified atom stereocenters. The Kier molecular flexibility index (Phi) is 3.20. The van der Waals surface area contributed by atoms with Gasteiger partial charge in [-0.2, -0.15) is 0 Å². The Balaban J connectivity index is 1.73. The summed E-state index contributed by atoms with van der Waals surface area (Å²) < 4.78 is 2.42. The number of rotatable bonds is 3. The molecule has 74 valence electrons. The van der Waals surface area contributed by atoms with Gasteiger partial charge in [0.05, 0.1) is 0 Å². The van der Waals surface area contributed by atoms with Gasteiger partial charge < -0.3 is 4.31 Å². The lowest BCUT2D eigenvalue weighted by Gasteiger charge is -2.18. The van der Waals surface area contributed by atoms with Gasteiger partial charge in [-0.05, 0) is 36.6 Å². The third-order valence-corrected chi connectivity index (χ3v) is 4.22. The molecule has 1 heterocycles. The summed E-state index contributed by atoms with van der Waals surface area (Å²) in [5.74, 6) is 3.19. The second-order valence-corrected chi connectivity index (χ2v) is 5.29. The minimum atomic E-state index is 0.972. The standard InChI is InChI=1S/C11H19NS/c1-2-10-4-5-11(8-10)9-12-6-3-7-13-12/h3,6,10-11H,2,4-5,7-9H2,1H3. The number of nitrogens with zero attached hydrogens (tertiary/aromatic N) is 1. The molecule has 1 aliphatic carbocycles. The zero-order valence-electron chi connectivity index (χ0n) is 8.41. The average Bonchev–Trinajstić information content (AvgIpc) is 2.76. The lowest BCUT2D eigenvalue weighted by molar-refractivity contribution is 0.422. The first-order valence-electron chi connectivity index (χ1n) is 5.44. The highest BCUT2D eigenvalue weighted by Gasteiger charge is 2.24. The molecule has 0 bridgehead atoms. The molecule has 1 nitrogen and oxygen atoms in total. The van der Waals surface area contributed by atoms with Crippen LogP contribution < -0.4 is 0 Å². The normalized spacial score (nSPS) is 33.2. The van der Waals surface area contributed by atoms with Crippen LogP contribution in [0.3, 0.4) is 0 Å². The summed E-state index contributed by atoms with van der Waals surface area (Å²) in [7, 11) is 0. The zero-order valence-corrected chi connectivity index (χ0v) is 9.22. The topological polar surface area (TPSA) is 3.24 Å². The van der Waals surface area contributed by atoms with Crippen LogP contribution in [0.4, 0.5) is 0 Å². The molecule has 0 spiro atoms. The maximum Gasteiger partial charge on any atom is 0.0331 e. The molecular formula is C11H19NS. The first-order valence-corrected chi connectivity index (χ1v) is 6.39. The maximum absolute atomic E-state index is 2.42. The van der Waals surface area contributed by atoms with Crippen LogP contribution in [0.25, 0.3) is 0 Å². The van der Waals surface area contributed by atoms with E-state index in [1.807, 2.05) is 11.9 Å². The summed E-state index contributed by atoms with van der Waals surface area (Å²) in [5, 5.41) is 0. The van der Waals surface area contributed by atoms with E-state index in [0.29, 0.717) is 0 Å². The van der Waals surface area contributed by atoms with E-state index in [2.05, 4.69) is 23.5 Å². The zero-order chi connectivity index (χ0) is 9.10. The lowest BCUT2D eigenvalue weighted by Crippen LogP contribution is -2.15. The molecule has 1 saturated carbocycles. The number of hydrogen-bond donors (Lipinski definition) is 0. The van der Waals surface area contributed by atoms with Crippen molar-refractivity contribution in [1.82, 2.24) is 4.31 Å². The van der Waals surface area contributed by atoms with Gasteiger partial charge in [-0.3, -0.25) is 0 Å². The van der Waals surface area contributed by atoms with E-state index < -0.39 is 0 Å². The van der Waals surface area contributed by atoms with E-state index in [9.17, 15) is 0 Å². The molecular weight excluding hydrogens is 178 g/mol. The van der Waals surface area contributed by atoms with Crippen molar-refractivity contribution in [3.05, 3.63) is 12.3 Å². The van der Waals surface area contributed by atoms with E-state index in [1.165, 1.54) is 38.0 Å². The Morgan fingerprint density at radius 1 is 1.38 bits per heavy atom. The predicted molar refractivity (Wildman–Crippen MR) is 59.4 cm³/mol. The van der Waals surface area contributed by atoms with Crippen molar-refractivity contribution in [3.8, 4) is 0 Å². The lowest BCUT2D eigenvalue weighted by atomic mass is 10.0. The van der Waals surface area contributed by atoms with Crippen LogP contribution in [0.15, 0.2) is 12.3 Å². The quantitative estimate of drug-likeness (QED) is 0.639. The minimum absolute atomic E-state index is 0.972. The summed E-state index contributed by atoms with van der Waals surface area (Å²) in [6, 6.07) is 0. The Bertz CT molecular complexity index is 191. The fourth-order valence-corrected chi connectivity index (χ4v) is 3.28. The van der Waals surface area contributed by atoms with Gasteiger partial charge >= 0.3 is 0 Å². The summed E-state index contributed by atoms with van der Waals surface area (Å²) in [5.41, 5.74) is 0. The molecule has 13 heavy (non-hydrogen) atoms. The van der Waals surface area contributed by atoms with Crippen LogP contribution in [-0.4, -0.2) is 16.6 Å². The molecule has 0 N–H and O–H groups in total. The van der Waals surface area contributed by atoms with E-state index in [4.69, 9.17) is 0 Å². The van der Waals surface area contributed by atoms with Crippen LogP contribution in [-0.2, 0) is 0 Å². The van der Waals surface area contributed by atoms with Crippen molar-refractivity contribution in [2.75, 3.05) is 12.3 Å². The summed E-state index contributed by atoms with van der Waals surface area (Å²) in [6.07, 6.45) is 10.3. The third-order valence-electron chi connectivity index (χ3n) is 3.27. The van der Waals surface area contributed by atoms with E-state index in [0.717, 1.165) is 11.8 Å². The Morgan fingerprint density at radius 3 is 2.85 bits per heavy atom. The molecule has 0 aromatic heterocycles. The summed E-state index contributed by atoms with van der Waals surface area (Å²) in [6.45, 7) is 3.62. The molecule has 2 aliphatic rings. The smallest absolute Gasteiger partial charge is 0.0331 e. The third kappa shape index (κ3) is 2.43. The van der Waals surface area contributed by atoms with Gasteiger partial charge in [-0.1, -0.05) is 25.8 Å². The fourth-order valence-electron chi connectivity index (χ4n) is 2.43. The minimum Gasteiger partial charge on any atom is -0.323 e. The molecule has 0 radical (unpaired) electrons. The van der Waals surface area contributed by atoms with Crippen molar-refractivity contribution in [2.45, 2.75) is 32.6 Å².